The third kappa shape index (κ3) is 2.23. The molecule has 0 fully saturated rings. The molecule has 0 radical (unpaired) electrons. The van der Waals surface area contributed by atoms with Gasteiger partial charge in [0.2, 0.25) is 10.0 Å². The molecule has 4 nitrogen and oxygen atoms in total. The lowest BCUT2D eigenvalue weighted by Crippen LogP contribution is -2.14. The quantitative estimate of drug-likeness (QED) is 0.920. The van der Waals surface area contributed by atoms with Crippen molar-refractivity contribution in [2.45, 2.75) is 4.90 Å². The number of halogens is 1. The molecule has 0 aliphatic heterocycles. The summed E-state index contributed by atoms with van der Waals surface area (Å²) in [6.45, 7) is 0. The number of nitrogens with zero attached hydrogens (tertiary/aromatic N) is 1. The molecule has 2 rings (SSSR count). The molecule has 0 atom stereocenters. The molecule has 0 amide bonds. The first-order valence-corrected chi connectivity index (χ1v) is 7.57. The van der Waals surface area contributed by atoms with Gasteiger partial charge in [-0.15, -0.1) is 0 Å². The minimum atomic E-state index is -3.72. The van der Waals surface area contributed by atoms with Crippen LogP contribution in [0.2, 0.25) is 0 Å². The van der Waals surface area contributed by atoms with Crippen LogP contribution < -0.4 is 10.0 Å². The van der Waals surface area contributed by atoms with E-state index >= 15 is 0 Å². The third-order valence-electron chi connectivity index (χ3n) is 2.70. The predicted octanol–water partition coefficient (Wildman–Crippen LogP) is 2.32. The number of anilines is 1. The number of hydrogen-bond donors (Lipinski definition) is 1. The van der Waals surface area contributed by atoms with Gasteiger partial charge in [0.1, 0.15) is 0 Å². The molecule has 0 saturated carbocycles. The third-order valence-corrected chi connectivity index (χ3v) is 4.31. The Morgan fingerprint density at radius 2 is 1.78 bits per heavy atom. The Hall–Kier alpha value is -1.11. The lowest BCUT2D eigenvalue weighted by molar-refractivity contribution is 0.598. The monoisotopic (exact) mass is 328 g/mol. The summed E-state index contributed by atoms with van der Waals surface area (Å²) in [4.78, 5) is 2.08. The van der Waals surface area contributed by atoms with Crippen LogP contribution >= 0.6 is 15.9 Å². The molecular formula is C12H13BrN2O2S. The summed E-state index contributed by atoms with van der Waals surface area (Å²) < 4.78 is 24.0. The van der Waals surface area contributed by atoms with E-state index in [4.69, 9.17) is 5.14 Å². The molecule has 0 heterocycles. The van der Waals surface area contributed by atoms with Gasteiger partial charge in [-0.25, -0.2) is 13.6 Å². The maximum atomic E-state index is 11.6. The van der Waals surface area contributed by atoms with Gasteiger partial charge in [-0.05, 0) is 28.1 Å². The Labute approximate surface area is 115 Å². The first-order chi connectivity index (χ1) is 8.32. The van der Waals surface area contributed by atoms with Gasteiger partial charge in [-0.3, -0.25) is 0 Å². The van der Waals surface area contributed by atoms with Crippen LogP contribution in [0.5, 0.6) is 0 Å². The number of hydrogen-bond acceptors (Lipinski definition) is 3. The van der Waals surface area contributed by atoms with Crippen LogP contribution in [0.25, 0.3) is 10.8 Å². The predicted molar refractivity (Wildman–Crippen MR) is 77.3 cm³/mol. The van der Waals surface area contributed by atoms with Gasteiger partial charge in [0.15, 0.2) is 0 Å². The fraction of sp³-hybridized carbons (Fsp3) is 0.167. The zero-order valence-corrected chi connectivity index (χ0v) is 12.4. The van der Waals surface area contributed by atoms with Crippen LogP contribution in [0, 0.1) is 0 Å². The molecule has 0 aliphatic rings. The van der Waals surface area contributed by atoms with Gasteiger partial charge in [-0.1, -0.05) is 18.2 Å². The van der Waals surface area contributed by atoms with E-state index in [9.17, 15) is 8.42 Å². The molecule has 0 aromatic heterocycles. The highest BCUT2D eigenvalue weighted by Crippen LogP contribution is 2.35. The second-order valence-corrected chi connectivity index (χ2v) is 6.57. The van der Waals surface area contributed by atoms with Crippen LogP contribution in [0.15, 0.2) is 39.7 Å². The number of nitrogens with two attached hydrogens (primary N) is 1. The normalized spacial score (nSPS) is 11.8. The molecule has 0 saturated heterocycles. The molecule has 2 aromatic carbocycles. The Morgan fingerprint density at radius 3 is 2.33 bits per heavy atom. The minimum absolute atomic E-state index is 0.149. The van der Waals surface area contributed by atoms with Gasteiger partial charge in [0.05, 0.1) is 10.6 Å². The highest BCUT2D eigenvalue weighted by molar-refractivity contribution is 9.10. The van der Waals surface area contributed by atoms with Crippen molar-refractivity contribution in [2.75, 3.05) is 19.0 Å². The van der Waals surface area contributed by atoms with Gasteiger partial charge in [0.25, 0.3) is 0 Å². The van der Waals surface area contributed by atoms with Gasteiger partial charge in [0, 0.05) is 29.3 Å². The smallest absolute Gasteiger partial charge is 0.238 e. The lowest BCUT2D eigenvalue weighted by atomic mass is 10.1. The lowest BCUT2D eigenvalue weighted by Gasteiger charge is -2.18. The van der Waals surface area contributed by atoms with Crippen LogP contribution in [0.4, 0.5) is 5.69 Å². The maximum absolute atomic E-state index is 11.6. The Kier molecular flexibility index (Phi) is 3.35. The fourth-order valence-electron chi connectivity index (χ4n) is 1.99. The highest BCUT2D eigenvalue weighted by Gasteiger charge is 2.15. The molecule has 0 bridgehead atoms. The van der Waals surface area contributed by atoms with E-state index in [1.165, 1.54) is 6.07 Å². The van der Waals surface area contributed by atoms with E-state index in [-0.39, 0.29) is 4.90 Å². The van der Waals surface area contributed by atoms with Crippen molar-refractivity contribution in [3.05, 3.63) is 34.8 Å². The second kappa shape index (κ2) is 4.53. The molecule has 6 heteroatoms. The number of rotatable bonds is 2. The number of fused-ring (bicyclic) bond motifs is 1. The summed E-state index contributed by atoms with van der Waals surface area (Å²) in [7, 11) is 0.0933. The van der Waals surface area contributed by atoms with Crippen molar-refractivity contribution >= 4 is 42.4 Å². The van der Waals surface area contributed by atoms with Gasteiger partial charge < -0.3 is 4.90 Å². The van der Waals surface area contributed by atoms with Crippen LogP contribution in [0.3, 0.4) is 0 Å². The molecule has 2 aromatic rings. The van der Waals surface area contributed by atoms with E-state index in [0.717, 1.165) is 15.5 Å². The van der Waals surface area contributed by atoms with Crippen molar-refractivity contribution in [1.82, 2.24) is 0 Å². The molecule has 0 unspecified atom stereocenters. The van der Waals surface area contributed by atoms with E-state index in [1.807, 2.05) is 31.1 Å². The fourth-order valence-corrected chi connectivity index (χ4v) is 3.44. The van der Waals surface area contributed by atoms with E-state index in [0.29, 0.717) is 5.39 Å². The standard InChI is InChI=1S/C12H13BrN2O2S/c1-15(2)12-9-4-3-5-11(18(14,16)17)8(9)6-7-10(12)13/h3-7H,1-2H3,(H2,14,16,17). The van der Waals surface area contributed by atoms with E-state index < -0.39 is 10.0 Å². The van der Waals surface area contributed by atoms with Crippen molar-refractivity contribution in [2.24, 2.45) is 5.14 Å². The highest BCUT2D eigenvalue weighted by atomic mass is 79.9. The summed E-state index contributed by atoms with van der Waals surface area (Å²) in [5.41, 5.74) is 0.929. The first-order valence-electron chi connectivity index (χ1n) is 5.23. The summed E-state index contributed by atoms with van der Waals surface area (Å²) in [5.74, 6) is 0. The summed E-state index contributed by atoms with van der Waals surface area (Å²) in [5, 5.41) is 6.71. The van der Waals surface area contributed by atoms with Crippen molar-refractivity contribution < 1.29 is 8.42 Å². The topological polar surface area (TPSA) is 63.4 Å². The van der Waals surface area contributed by atoms with Crippen molar-refractivity contribution in [3.63, 3.8) is 0 Å². The van der Waals surface area contributed by atoms with Crippen LogP contribution in [-0.2, 0) is 10.0 Å². The zero-order chi connectivity index (χ0) is 13.5. The summed E-state index contributed by atoms with van der Waals surface area (Å²) >= 11 is 3.47. The largest absolute Gasteiger partial charge is 0.376 e. The number of benzene rings is 2. The molecule has 0 aliphatic carbocycles. The average molecular weight is 329 g/mol. The Bertz CT molecular complexity index is 711. The van der Waals surface area contributed by atoms with E-state index in [2.05, 4.69) is 15.9 Å². The number of sulfonamides is 1. The molecule has 0 spiro atoms. The molecule has 2 N–H and O–H groups in total. The number of primary sulfonamides is 1. The zero-order valence-electron chi connectivity index (χ0n) is 10.0. The van der Waals surface area contributed by atoms with Crippen molar-refractivity contribution in [1.29, 1.82) is 0 Å². The second-order valence-electron chi connectivity index (χ2n) is 4.19. The maximum Gasteiger partial charge on any atom is 0.238 e. The van der Waals surface area contributed by atoms with Crippen LogP contribution in [-0.4, -0.2) is 22.5 Å². The molecular weight excluding hydrogens is 316 g/mol. The van der Waals surface area contributed by atoms with Gasteiger partial charge in [-0.2, -0.15) is 0 Å². The average Bonchev–Trinajstić information content (AvgIpc) is 2.25. The van der Waals surface area contributed by atoms with Crippen molar-refractivity contribution in [3.8, 4) is 0 Å². The minimum Gasteiger partial charge on any atom is -0.376 e. The van der Waals surface area contributed by atoms with E-state index in [1.54, 1.807) is 12.1 Å². The van der Waals surface area contributed by atoms with Crippen LogP contribution in [0.1, 0.15) is 0 Å². The Morgan fingerprint density at radius 1 is 1.11 bits per heavy atom. The summed E-state index contributed by atoms with van der Waals surface area (Å²) in [6.07, 6.45) is 0. The van der Waals surface area contributed by atoms with Gasteiger partial charge >= 0.3 is 0 Å². The molecule has 18 heavy (non-hydrogen) atoms. The molecule has 96 valence electrons. The first kappa shape index (κ1) is 13.3. The summed E-state index contributed by atoms with van der Waals surface area (Å²) in [6, 6.07) is 8.68. The SMILES string of the molecule is CN(C)c1c(Br)ccc2c(S(N)(=O)=O)cccc12. The Balaban J connectivity index is 2.95.